The molecule has 1 aliphatic rings. The van der Waals surface area contributed by atoms with Crippen molar-refractivity contribution >= 4 is 35.0 Å². The number of likely N-dealkylation sites (tertiary alicyclic amines) is 1. The molecule has 1 fully saturated rings. The summed E-state index contributed by atoms with van der Waals surface area (Å²) in [5.41, 5.74) is 1.41. The molecule has 2 heterocycles. The highest BCUT2D eigenvalue weighted by Gasteiger charge is 2.35. The molecule has 1 aromatic carbocycles. The average Bonchev–Trinajstić information content (AvgIpc) is 3.57. The van der Waals surface area contributed by atoms with E-state index in [0.29, 0.717) is 31.6 Å². The monoisotopic (exact) mass is 697 g/mol. The number of esters is 1. The zero-order valence-electron chi connectivity index (χ0n) is 31.0. The molecule has 0 saturated carbocycles. The van der Waals surface area contributed by atoms with Gasteiger partial charge in [-0.3, -0.25) is 24.1 Å². The van der Waals surface area contributed by atoms with Crippen LogP contribution in [0.1, 0.15) is 108 Å². The lowest BCUT2D eigenvalue weighted by molar-refractivity contribution is -0.147. The summed E-state index contributed by atoms with van der Waals surface area (Å²) in [7, 11) is 3.81. The molecule has 1 saturated heterocycles. The van der Waals surface area contributed by atoms with Crippen LogP contribution in [0.15, 0.2) is 35.7 Å². The fourth-order valence-electron chi connectivity index (χ4n) is 6.67. The summed E-state index contributed by atoms with van der Waals surface area (Å²) >= 11 is 1.44. The highest BCUT2D eigenvalue weighted by atomic mass is 32.1. The van der Waals surface area contributed by atoms with Gasteiger partial charge in [-0.05, 0) is 70.0 Å². The standard InChI is InChI=1S/C38H59N5O5S/c1-10-48-38(47)27(7)20-29(22-28-16-12-11-13-17-28)39-34(44)30-23-49-36(40-30)26(6)21-32(24(2)3)43(9)37(46)33(25(4)5)41-35(45)31-18-14-15-19-42(31)8/h11-13,16-17,23-27,29,31-33H,10,14-15,18-22H2,1-9H3,(H,39,44)(H,41,45)/t26-,27+,29-,31-,32-,33+/m1/s1. The normalized spacial score (nSPS) is 18.3. The van der Waals surface area contributed by atoms with Gasteiger partial charge in [-0.1, -0.05) is 78.3 Å². The molecule has 0 unspecified atom stereocenters. The van der Waals surface area contributed by atoms with Gasteiger partial charge in [-0.2, -0.15) is 0 Å². The van der Waals surface area contributed by atoms with E-state index in [9.17, 15) is 19.2 Å². The quantitative estimate of drug-likeness (QED) is 0.204. The number of likely N-dealkylation sites (N-methyl/N-ethyl adjacent to an activating group) is 2. The lowest BCUT2D eigenvalue weighted by Gasteiger charge is -2.37. The number of aromatic nitrogens is 1. The zero-order chi connectivity index (χ0) is 36.2. The molecule has 3 rings (SSSR count). The predicted molar refractivity (Wildman–Crippen MR) is 195 cm³/mol. The second kappa shape index (κ2) is 19.2. The lowest BCUT2D eigenvalue weighted by Crippen LogP contribution is -2.57. The third-order valence-electron chi connectivity index (χ3n) is 9.68. The number of hydrogen-bond donors (Lipinski definition) is 2. The number of nitrogens with zero attached hydrogens (tertiary/aromatic N) is 3. The van der Waals surface area contributed by atoms with Gasteiger partial charge in [0.25, 0.3) is 5.91 Å². The first kappa shape index (κ1) is 40.1. The number of thiazole rings is 1. The summed E-state index contributed by atoms with van der Waals surface area (Å²) in [4.78, 5) is 61.7. The van der Waals surface area contributed by atoms with Crippen molar-refractivity contribution in [3.05, 3.63) is 52.0 Å². The van der Waals surface area contributed by atoms with Gasteiger partial charge < -0.3 is 20.3 Å². The van der Waals surface area contributed by atoms with Gasteiger partial charge in [0.2, 0.25) is 11.8 Å². The van der Waals surface area contributed by atoms with E-state index in [1.54, 1.807) is 17.2 Å². The lowest BCUT2D eigenvalue weighted by atomic mass is 9.91. The van der Waals surface area contributed by atoms with Gasteiger partial charge in [0.05, 0.1) is 23.6 Å². The van der Waals surface area contributed by atoms with Crippen molar-refractivity contribution in [2.75, 3.05) is 27.2 Å². The molecular formula is C38H59N5O5S. The fourth-order valence-corrected chi connectivity index (χ4v) is 7.54. The van der Waals surface area contributed by atoms with E-state index in [1.165, 1.54) is 11.3 Å². The molecule has 0 bridgehead atoms. The van der Waals surface area contributed by atoms with Crippen LogP contribution in [0.25, 0.3) is 0 Å². The molecule has 2 aromatic rings. The number of ether oxygens (including phenoxy) is 1. The first-order chi connectivity index (χ1) is 23.2. The molecule has 0 radical (unpaired) electrons. The van der Waals surface area contributed by atoms with Crippen LogP contribution in [0, 0.1) is 17.8 Å². The van der Waals surface area contributed by atoms with E-state index < -0.39 is 6.04 Å². The Kier molecular flexibility index (Phi) is 15.7. The molecule has 0 aliphatic carbocycles. The Labute approximate surface area is 297 Å². The SMILES string of the molecule is CCOC(=O)[C@@H](C)C[C@H](Cc1ccccc1)NC(=O)c1csc([C@H](C)C[C@H](C(C)C)N(C)C(=O)[C@@H](NC(=O)[C@H]2CCCCN2C)C(C)C)n1. The maximum atomic E-state index is 13.9. The van der Waals surface area contributed by atoms with Gasteiger partial charge in [0, 0.05) is 30.4 Å². The highest BCUT2D eigenvalue weighted by molar-refractivity contribution is 7.09. The van der Waals surface area contributed by atoms with E-state index in [0.717, 1.165) is 36.4 Å². The van der Waals surface area contributed by atoms with Gasteiger partial charge >= 0.3 is 5.97 Å². The minimum absolute atomic E-state index is 0.0128. The number of rotatable bonds is 17. The first-order valence-corrected chi connectivity index (χ1v) is 18.8. The van der Waals surface area contributed by atoms with Crippen LogP contribution in [0.3, 0.4) is 0 Å². The molecule has 11 heteroatoms. The fraction of sp³-hybridized carbons (Fsp3) is 0.658. The molecule has 49 heavy (non-hydrogen) atoms. The van der Waals surface area contributed by atoms with E-state index in [1.807, 2.05) is 65.2 Å². The second-order valence-electron chi connectivity index (χ2n) is 14.4. The molecule has 1 aromatic heterocycles. The van der Waals surface area contributed by atoms with Gasteiger partial charge in [-0.25, -0.2) is 4.98 Å². The Bertz CT molecular complexity index is 1370. The number of piperidine rings is 1. The maximum Gasteiger partial charge on any atom is 0.308 e. The van der Waals surface area contributed by atoms with E-state index in [2.05, 4.69) is 36.3 Å². The number of hydrogen-bond acceptors (Lipinski definition) is 8. The largest absolute Gasteiger partial charge is 0.466 e. The smallest absolute Gasteiger partial charge is 0.308 e. The first-order valence-electron chi connectivity index (χ1n) is 18.0. The summed E-state index contributed by atoms with van der Waals surface area (Å²) in [5, 5.41) is 8.82. The summed E-state index contributed by atoms with van der Waals surface area (Å²) in [6.07, 6.45) is 4.58. The molecule has 6 atom stereocenters. The molecule has 3 amide bonds. The number of nitrogens with one attached hydrogen (secondary N) is 2. The third-order valence-corrected chi connectivity index (χ3v) is 10.8. The summed E-state index contributed by atoms with van der Waals surface area (Å²) in [6, 6.07) is 8.69. The van der Waals surface area contributed by atoms with Crippen LogP contribution in [-0.2, 0) is 25.5 Å². The Hall–Kier alpha value is -3.31. The van der Waals surface area contributed by atoms with Gasteiger partial charge in [-0.15, -0.1) is 11.3 Å². The molecule has 1 aliphatic heterocycles. The minimum atomic E-state index is -0.616. The average molecular weight is 698 g/mol. The third kappa shape index (κ3) is 11.6. The highest BCUT2D eigenvalue weighted by Crippen LogP contribution is 2.29. The zero-order valence-corrected chi connectivity index (χ0v) is 31.8. The second-order valence-corrected chi connectivity index (χ2v) is 15.3. The number of carbonyl (C=O) groups excluding carboxylic acids is 4. The van der Waals surface area contributed by atoms with Crippen LogP contribution in [0.5, 0.6) is 0 Å². The predicted octanol–water partition coefficient (Wildman–Crippen LogP) is 5.68. The topological polar surface area (TPSA) is 121 Å². The summed E-state index contributed by atoms with van der Waals surface area (Å²) < 4.78 is 5.22. The van der Waals surface area contributed by atoms with Crippen LogP contribution < -0.4 is 10.6 Å². The molecule has 272 valence electrons. The van der Waals surface area contributed by atoms with E-state index in [-0.39, 0.29) is 65.5 Å². The maximum absolute atomic E-state index is 13.9. The van der Waals surface area contributed by atoms with Crippen molar-refractivity contribution in [1.82, 2.24) is 25.4 Å². The number of carbonyl (C=O) groups is 4. The summed E-state index contributed by atoms with van der Waals surface area (Å²) in [5.74, 6) is -1.01. The van der Waals surface area contributed by atoms with Crippen LogP contribution in [0.2, 0.25) is 0 Å². The Morgan fingerprint density at radius 2 is 1.69 bits per heavy atom. The Morgan fingerprint density at radius 1 is 1.00 bits per heavy atom. The minimum Gasteiger partial charge on any atom is -0.466 e. The molecule has 2 N–H and O–H groups in total. The van der Waals surface area contributed by atoms with Crippen molar-refractivity contribution in [3.63, 3.8) is 0 Å². The molecule has 10 nitrogen and oxygen atoms in total. The van der Waals surface area contributed by atoms with Crippen molar-refractivity contribution in [1.29, 1.82) is 0 Å². The Morgan fingerprint density at radius 3 is 2.31 bits per heavy atom. The van der Waals surface area contributed by atoms with Gasteiger partial charge in [0.1, 0.15) is 11.7 Å². The molecular weight excluding hydrogens is 639 g/mol. The van der Waals surface area contributed by atoms with Crippen LogP contribution in [0.4, 0.5) is 0 Å². The van der Waals surface area contributed by atoms with E-state index >= 15 is 0 Å². The van der Waals surface area contributed by atoms with Crippen molar-refractivity contribution in [3.8, 4) is 0 Å². The van der Waals surface area contributed by atoms with Crippen molar-refractivity contribution in [2.45, 2.75) is 117 Å². The Balaban J connectivity index is 1.69. The van der Waals surface area contributed by atoms with Crippen LogP contribution >= 0.6 is 11.3 Å². The van der Waals surface area contributed by atoms with Crippen LogP contribution in [-0.4, -0.2) is 89.9 Å². The van der Waals surface area contributed by atoms with Crippen molar-refractivity contribution in [2.24, 2.45) is 17.8 Å². The number of benzene rings is 1. The number of amides is 3. The van der Waals surface area contributed by atoms with E-state index in [4.69, 9.17) is 9.72 Å². The molecule has 0 spiro atoms. The van der Waals surface area contributed by atoms with Gasteiger partial charge in [0.15, 0.2) is 0 Å². The van der Waals surface area contributed by atoms with Crippen molar-refractivity contribution < 1.29 is 23.9 Å². The summed E-state index contributed by atoms with van der Waals surface area (Å²) in [6.45, 7) is 15.0.